The van der Waals surface area contributed by atoms with E-state index in [0.29, 0.717) is 5.56 Å². The fourth-order valence-electron chi connectivity index (χ4n) is 3.00. The highest BCUT2D eigenvalue weighted by atomic mass is 16.5. The molecule has 3 rings (SSSR count). The third kappa shape index (κ3) is 4.06. The van der Waals surface area contributed by atoms with Crippen molar-refractivity contribution in [2.75, 3.05) is 7.11 Å². The first-order valence-corrected chi connectivity index (χ1v) is 8.60. The lowest BCUT2D eigenvalue weighted by atomic mass is 9.98. The largest absolute Gasteiger partial charge is 0.467 e. The molecular weight excluding hydrogens is 342 g/mol. The number of hydrogen-bond donors (Lipinski definition) is 1. The van der Waals surface area contributed by atoms with E-state index in [0.717, 1.165) is 11.3 Å². The number of hydrogen-bond acceptors (Lipinski definition) is 4. The van der Waals surface area contributed by atoms with E-state index < -0.39 is 18.1 Å². The van der Waals surface area contributed by atoms with E-state index in [1.807, 2.05) is 49.4 Å². The molecule has 1 N–H and O–H groups in total. The molecule has 0 fully saturated rings. The minimum atomic E-state index is -0.941. The van der Waals surface area contributed by atoms with E-state index in [1.54, 1.807) is 35.1 Å². The lowest BCUT2D eigenvalue weighted by molar-refractivity contribution is -0.143. The Morgan fingerprint density at radius 1 is 1.00 bits per heavy atom. The molecule has 2 atom stereocenters. The van der Waals surface area contributed by atoms with Crippen molar-refractivity contribution in [1.29, 1.82) is 0 Å². The Balaban J connectivity index is 2.03. The van der Waals surface area contributed by atoms with Gasteiger partial charge in [0.05, 0.1) is 7.11 Å². The van der Waals surface area contributed by atoms with E-state index in [4.69, 9.17) is 4.74 Å². The maximum Gasteiger partial charge on any atom is 0.331 e. The molecule has 0 spiro atoms. The predicted molar refractivity (Wildman–Crippen MR) is 101 cm³/mol. The summed E-state index contributed by atoms with van der Waals surface area (Å²) in [6.45, 7) is 1.90. The second-order valence-electron chi connectivity index (χ2n) is 6.11. The molecule has 138 valence electrons. The van der Waals surface area contributed by atoms with Crippen molar-refractivity contribution in [3.63, 3.8) is 0 Å². The van der Waals surface area contributed by atoms with Crippen LogP contribution in [0.25, 0.3) is 0 Å². The molecule has 0 aliphatic rings. The number of benzene rings is 2. The summed E-state index contributed by atoms with van der Waals surface area (Å²) in [6.07, 6.45) is 1.67. The molecule has 6 heteroatoms. The van der Waals surface area contributed by atoms with Crippen LogP contribution >= 0.6 is 0 Å². The van der Waals surface area contributed by atoms with Gasteiger partial charge in [0, 0.05) is 17.5 Å². The Labute approximate surface area is 157 Å². The van der Waals surface area contributed by atoms with Crippen molar-refractivity contribution < 1.29 is 14.3 Å². The molecule has 0 bridgehead atoms. The van der Waals surface area contributed by atoms with Gasteiger partial charge in [0.15, 0.2) is 6.04 Å². The number of amides is 1. The third-order valence-electron chi connectivity index (χ3n) is 4.37. The summed E-state index contributed by atoms with van der Waals surface area (Å²) in [4.78, 5) is 25.3. The van der Waals surface area contributed by atoms with Crippen molar-refractivity contribution in [2.24, 2.45) is 0 Å². The van der Waals surface area contributed by atoms with Gasteiger partial charge in [-0.1, -0.05) is 48.5 Å². The Morgan fingerprint density at radius 2 is 1.63 bits per heavy atom. The number of carbonyl (C=O) groups is 2. The number of methoxy groups -OCH3 is 1. The lowest BCUT2D eigenvalue weighted by Gasteiger charge is -2.28. The van der Waals surface area contributed by atoms with Crippen LogP contribution < -0.4 is 5.32 Å². The number of carbonyl (C=O) groups excluding carboxylic acids is 2. The van der Waals surface area contributed by atoms with Crippen molar-refractivity contribution in [3.05, 3.63) is 89.7 Å². The van der Waals surface area contributed by atoms with E-state index in [9.17, 15) is 9.59 Å². The van der Waals surface area contributed by atoms with E-state index in [1.165, 1.54) is 7.11 Å². The fourth-order valence-corrected chi connectivity index (χ4v) is 3.00. The van der Waals surface area contributed by atoms with Crippen LogP contribution in [-0.2, 0) is 9.53 Å². The topological polar surface area (TPSA) is 73.2 Å². The van der Waals surface area contributed by atoms with Gasteiger partial charge in [0.2, 0.25) is 0 Å². The molecule has 0 radical (unpaired) electrons. The Kier molecular flexibility index (Phi) is 5.66. The molecule has 0 aliphatic heterocycles. The van der Waals surface area contributed by atoms with Crippen LogP contribution in [0.3, 0.4) is 0 Å². The van der Waals surface area contributed by atoms with Crippen molar-refractivity contribution in [2.45, 2.75) is 19.0 Å². The second kappa shape index (κ2) is 8.31. The van der Waals surface area contributed by atoms with Gasteiger partial charge in [-0.05, 0) is 30.7 Å². The van der Waals surface area contributed by atoms with Crippen LogP contribution in [0.2, 0.25) is 0 Å². The maximum atomic E-state index is 12.7. The molecule has 1 amide bonds. The van der Waals surface area contributed by atoms with Gasteiger partial charge in [-0.25, -0.2) is 4.79 Å². The molecule has 1 heterocycles. The average molecular weight is 363 g/mol. The zero-order valence-electron chi connectivity index (χ0n) is 15.2. The molecule has 3 aromatic rings. The average Bonchev–Trinajstić information content (AvgIpc) is 3.14. The van der Waals surface area contributed by atoms with E-state index >= 15 is 0 Å². The highest BCUT2D eigenvalue weighted by Crippen LogP contribution is 2.24. The number of esters is 1. The Morgan fingerprint density at radius 3 is 2.19 bits per heavy atom. The number of nitrogens with one attached hydrogen (secondary N) is 1. The normalized spacial score (nSPS) is 12.8. The summed E-state index contributed by atoms with van der Waals surface area (Å²) < 4.78 is 6.72. The number of aryl methyl sites for hydroxylation is 1. The monoisotopic (exact) mass is 363 g/mol. The van der Waals surface area contributed by atoms with Crippen molar-refractivity contribution in [1.82, 2.24) is 15.1 Å². The first-order chi connectivity index (χ1) is 13.1. The molecule has 0 saturated carbocycles. The van der Waals surface area contributed by atoms with Crippen LogP contribution in [0.1, 0.15) is 27.7 Å². The zero-order valence-corrected chi connectivity index (χ0v) is 15.2. The first-order valence-electron chi connectivity index (χ1n) is 8.60. The fraction of sp³-hybridized carbons (Fsp3) is 0.190. The number of rotatable bonds is 6. The van der Waals surface area contributed by atoms with Crippen LogP contribution in [-0.4, -0.2) is 34.8 Å². The summed E-state index contributed by atoms with van der Waals surface area (Å²) in [5.74, 6) is -0.889. The van der Waals surface area contributed by atoms with E-state index in [2.05, 4.69) is 10.4 Å². The Bertz CT molecular complexity index is 907. The number of aromatic nitrogens is 2. The van der Waals surface area contributed by atoms with Gasteiger partial charge >= 0.3 is 5.97 Å². The summed E-state index contributed by atoms with van der Waals surface area (Å²) in [7, 11) is 1.31. The van der Waals surface area contributed by atoms with Crippen molar-refractivity contribution >= 4 is 11.9 Å². The van der Waals surface area contributed by atoms with Crippen LogP contribution in [0, 0.1) is 6.92 Å². The summed E-state index contributed by atoms with van der Waals surface area (Å²) in [6, 6.07) is 18.6. The first kappa shape index (κ1) is 18.4. The Hall–Kier alpha value is -3.41. The third-order valence-corrected chi connectivity index (χ3v) is 4.37. The van der Waals surface area contributed by atoms with Gasteiger partial charge in [-0.15, -0.1) is 0 Å². The standard InChI is InChI=1S/C21H21N3O3/c1-15-13-14-22-24(15)19(16-9-5-3-6-10-16)18(21(26)27-2)23-20(25)17-11-7-4-8-12-17/h3-14,18-19H,1-2H3,(H,23,25)/t18-,19-/m0/s1. The smallest absolute Gasteiger partial charge is 0.331 e. The minimum Gasteiger partial charge on any atom is -0.467 e. The lowest BCUT2D eigenvalue weighted by Crippen LogP contribution is -2.48. The quantitative estimate of drug-likeness (QED) is 0.684. The van der Waals surface area contributed by atoms with Crippen LogP contribution in [0.15, 0.2) is 72.9 Å². The number of nitrogens with zero attached hydrogens (tertiary/aromatic N) is 2. The highest BCUT2D eigenvalue weighted by Gasteiger charge is 2.34. The molecule has 0 unspecified atom stereocenters. The minimum absolute atomic E-state index is 0.350. The maximum absolute atomic E-state index is 12.7. The van der Waals surface area contributed by atoms with Crippen LogP contribution in [0.4, 0.5) is 0 Å². The molecule has 6 nitrogen and oxygen atoms in total. The SMILES string of the molecule is COC(=O)[C@@H](NC(=O)c1ccccc1)[C@H](c1ccccc1)n1nccc1C. The predicted octanol–water partition coefficient (Wildman–Crippen LogP) is 2.75. The summed E-state index contributed by atoms with van der Waals surface area (Å²) >= 11 is 0. The van der Waals surface area contributed by atoms with Gasteiger partial charge in [0.25, 0.3) is 5.91 Å². The second-order valence-corrected chi connectivity index (χ2v) is 6.11. The molecule has 0 saturated heterocycles. The van der Waals surface area contributed by atoms with Gasteiger partial charge in [0.1, 0.15) is 6.04 Å². The van der Waals surface area contributed by atoms with Crippen LogP contribution in [0.5, 0.6) is 0 Å². The molecular formula is C21H21N3O3. The highest BCUT2D eigenvalue weighted by molar-refractivity contribution is 5.97. The van der Waals surface area contributed by atoms with Gasteiger partial charge in [-0.2, -0.15) is 5.10 Å². The molecule has 2 aromatic carbocycles. The van der Waals surface area contributed by atoms with Gasteiger partial charge in [-0.3, -0.25) is 9.48 Å². The zero-order chi connectivity index (χ0) is 19.2. The van der Waals surface area contributed by atoms with Crippen molar-refractivity contribution in [3.8, 4) is 0 Å². The summed E-state index contributed by atoms with van der Waals surface area (Å²) in [5, 5.41) is 7.19. The van der Waals surface area contributed by atoms with Gasteiger partial charge < -0.3 is 10.1 Å². The summed E-state index contributed by atoms with van der Waals surface area (Å²) in [5.41, 5.74) is 2.18. The molecule has 0 aliphatic carbocycles. The molecule has 1 aromatic heterocycles. The van der Waals surface area contributed by atoms with E-state index in [-0.39, 0.29) is 5.91 Å². The number of ether oxygens (including phenoxy) is 1. The molecule has 27 heavy (non-hydrogen) atoms.